The van der Waals surface area contributed by atoms with Gasteiger partial charge in [-0.15, -0.1) is 0 Å². The van der Waals surface area contributed by atoms with Gasteiger partial charge in [0.25, 0.3) is 0 Å². The lowest BCUT2D eigenvalue weighted by Gasteiger charge is -2.36. The lowest BCUT2D eigenvalue weighted by Crippen LogP contribution is -2.44. The molecule has 1 fully saturated rings. The highest BCUT2D eigenvalue weighted by molar-refractivity contribution is 6.74. The van der Waals surface area contributed by atoms with E-state index >= 15 is 0 Å². The van der Waals surface area contributed by atoms with Crippen molar-refractivity contribution in [3.63, 3.8) is 0 Å². The van der Waals surface area contributed by atoms with Crippen molar-refractivity contribution in [3.05, 3.63) is 0 Å². The molecule has 0 aromatic heterocycles. The molecule has 0 aromatic rings. The highest BCUT2D eigenvalue weighted by Gasteiger charge is 2.38. The molecule has 15 heavy (non-hydrogen) atoms. The molecular formula is C11H23NO2Si. The van der Waals surface area contributed by atoms with Crippen LogP contribution in [0.25, 0.3) is 0 Å². The Bertz CT molecular complexity index is 245. The minimum Gasteiger partial charge on any atom is -0.415 e. The first kappa shape index (κ1) is 12.7. The molecule has 3 nitrogen and oxygen atoms in total. The fourth-order valence-electron chi connectivity index (χ4n) is 1.33. The lowest BCUT2D eigenvalue weighted by atomic mass is 10.2. The average molecular weight is 229 g/mol. The molecular weight excluding hydrogens is 206 g/mol. The number of hydrogen-bond acceptors (Lipinski definition) is 2. The molecule has 0 bridgehead atoms. The maximum atomic E-state index is 11.0. The maximum absolute atomic E-state index is 11.0. The molecule has 4 heteroatoms. The summed E-state index contributed by atoms with van der Waals surface area (Å²) in [7, 11) is -1.65. The van der Waals surface area contributed by atoms with Gasteiger partial charge < -0.3 is 9.74 Å². The Hall–Kier alpha value is -0.353. The second-order valence-corrected chi connectivity index (χ2v) is 10.7. The van der Waals surface area contributed by atoms with E-state index in [2.05, 4.69) is 39.2 Å². The second kappa shape index (κ2) is 4.26. The summed E-state index contributed by atoms with van der Waals surface area (Å²) in [6.45, 7) is 11.8. The van der Waals surface area contributed by atoms with Gasteiger partial charge in [0.1, 0.15) is 0 Å². The van der Waals surface area contributed by atoms with E-state index in [9.17, 15) is 4.79 Å². The van der Waals surface area contributed by atoms with Crippen LogP contribution in [0.4, 0.5) is 0 Å². The number of carbonyl (C=O) groups excluding carboxylic acids is 1. The van der Waals surface area contributed by atoms with Crippen molar-refractivity contribution in [3.8, 4) is 0 Å². The first-order valence-corrected chi connectivity index (χ1v) is 8.56. The van der Waals surface area contributed by atoms with Crippen LogP contribution in [-0.4, -0.2) is 26.9 Å². The summed E-state index contributed by atoms with van der Waals surface area (Å²) in [4.78, 5) is 11.0. The number of hydrogen-bond donors (Lipinski definition) is 1. The van der Waals surface area contributed by atoms with Crippen LogP contribution in [0.2, 0.25) is 18.1 Å². The summed E-state index contributed by atoms with van der Waals surface area (Å²) in [6, 6.07) is 0.242. The fourth-order valence-corrected chi connectivity index (χ4v) is 2.38. The SMILES string of the molecule is CC(C)(C)[Si](C)(C)OC[C@H]1CCC(=O)N1. The quantitative estimate of drug-likeness (QED) is 0.754. The molecule has 0 radical (unpaired) electrons. The van der Waals surface area contributed by atoms with E-state index in [1.807, 2.05) is 0 Å². The van der Waals surface area contributed by atoms with Crippen LogP contribution in [0, 0.1) is 0 Å². The van der Waals surface area contributed by atoms with Gasteiger partial charge in [-0.05, 0) is 24.6 Å². The van der Waals surface area contributed by atoms with Gasteiger partial charge in [-0.1, -0.05) is 20.8 Å². The molecule has 1 saturated heterocycles. The third kappa shape index (κ3) is 3.31. The van der Waals surface area contributed by atoms with E-state index in [1.165, 1.54) is 0 Å². The van der Waals surface area contributed by atoms with Crippen LogP contribution in [-0.2, 0) is 9.22 Å². The number of rotatable bonds is 3. The Kier molecular flexibility index (Phi) is 3.61. The van der Waals surface area contributed by atoms with E-state index in [4.69, 9.17) is 4.43 Å². The van der Waals surface area contributed by atoms with Gasteiger partial charge in [-0.25, -0.2) is 0 Å². The molecule has 1 heterocycles. The minimum absolute atomic E-state index is 0.166. The van der Waals surface area contributed by atoms with Crippen LogP contribution < -0.4 is 5.32 Å². The zero-order chi connectivity index (χ0) is 11.7. The normalized spacial score (nSPS) is 23.0. The molecule has 1 rings (SSSR count). The molecule has 0 aromatic carbocycles. The molecule has 0 saturated carbocycles. The van der Waals surface area contributed by atoms with Crippen LogP contribution in [0.3, 0.4) is 0 Å². The molecule has 1 atom stereocenters. The topological polar surface area (TPSA) is 38.3 Å². The van der Waals surface area contributed by atoms with Gasteiger partial charge in [0.05, 0.1) is 12.6 Å². The average Bonchev–Trinajstić information content (AvgIpc) is 2.46. The molecule has 1 amide bonds. The van der Waals surface area contributed by atoms with Crippen LogP contribution in [0.1, 0.15) is 33.6 Å². The largest absolute Gasteiger partial charge is 0.415 e. The summed E-state index contributed by atoms with van der Waals surface area (Å²) in [5, 5.41) is 3.18. The van der Waals surface area contributed by atoms with Gasteiger partial charge in [0.15, 0.2) is 8.32 Å². The van der Waals surface area contributed by atoms with Gasteiger partial charge >= 0.3 is 0 Å². The van der Waals surface area contributed by atoms with Crippen molar-refractivity contribution in [1.29, 1.82) is 0 Å². The number of amides is 1. The van der Waals surface area contributed by atoms with Gasteiger partial charge in [-0.3, -0.25) is 4.79 Å². The number of carbonyl (C=O) groups is 1. The van der Waals surface area contributed by atoms with E-state index in [1.54, 1.807) is 0 Å². The summed E-state index contributed by atoms with van der Waals surface area (Å²) >= 11 is 0. The van der Waals surface area contributed by atoms with E-state index in [0.717, 1.165) is 6.42 Å². The Balaban J connectivity index is 2.40. The number of nitrogens with one attached hydrogen (secondary N) is 1. The van der Waals surface area contributed by atoms with Crippen molar-refractivity contribution in [2.24, 2.45) is 0 Å². The molecule has 1 aliphatic heterocycles. The molecule has 0 spiro atoms. The second-order valence-electron chi connectivity index (χ2n) is 5.87. The van der Waals surface area contributed by atoms with Crippen molar-refractivity contribution in [2.75, 3.05) is 6.61 Å². The summed E-state index contributed by atoms with van der Waals surface area (Å²) < 4.78 is 6.05. The maximum Gasteiger partial charge on any atom is 0.220 e. The Morgan fingerprint density at radius 3 is 2.47 bits per heavy atom. The van der Waals surface area contributed by atoms with E-state index in [-0.39, 0.29) is 17.0 Å². The summed E-state index contributed by atoms with van der Waals surface area (Å²) in [6.07, 6.45) is 1.58. The predicted molar refractivity (Wildman–Crippen MR) is 64.3 cm³/mol. The third-order valence-corrected chi connectivity index (χ3v) is 8.04. The zero-order valence-corrected chi connectivity index (χ0v) is 11.5. The van der Waals surface area contributed by atoms with E-state index < -0.39 is 8.32 Å². The highest BCUT2D eigenvalue weighted by Crippen LogP contribution is 2.36. The molecule has 1 aliphatic rings. The summed E-state index contributed by atoms with van der Waals surface area (Å²) in [5.41, 5.74) is 0. The molecule has 88 valence electrons. The summed E-state index contributed by atoms with van der Waals surface area (Å²) in [5.74, 6) is 0.166. The van der Waals surface area contributed by atoms with Crippen LogP contribution in [0.15, 0.2) is 0 Å². The smallest absolute Gasteiger partial charge is 0.220 e. The molecule has 0 unspecified atom stereocenters. The minimum atomic E-state index is -1.65. The van der Waals surface area contributed by atoms with Gasteiger partial charge in [0, 0.05) is 6.42 Å². The Morgan fingerprint density at radius 1 is 1.47 bits per heavy atom. The van der Waals surface area contributed by atoms with Crippen LogP contribution in [0.5, 0.6) is 0 Å². The van der Waals surface area contributed by atoms with Crippen molar-refractivity contribution in [2.45, 2.75) is 57.8 Å². The molecule has 1 N–H and O–H groups in total. The van der Waals surface area contributed by atoms with Crippen LogP contribution >= 0.6 is 0 Å². The zero-order valence-electron chi connectivity index (χ0n) is 10.5. The van der Waals surface area contributed by atoms with Crippen molar-refractivity contribution < 1.29 is 9.22 Å². The lowest BCUT2D eigenvalue weighted by molar-refractivity contribution is -0.119. The Morgan fingerprint density at radius 2 is 2.07 bits per heavy atom. The Labute approximate surface area is 93.7 Å². The van der Waals surface area contributed by atoms with E-state index in [0.29, 0.717) is 13.0 Å². The van der Waals surface area contributed by atoms with Gasteiger partial charge in [0.2, 0.25) is 5.91 Å². The highest BCUT2D eigenvalue weighted by atomic mass is 28.4. The van der Waals surface area contributed by atoms with Gasteiger partial charge in [-0.2, -0.15) is 0 Å². The van der Waals surface area contributed by atoms with Crippen molar-refractivity contribution >= 4 is 14.2 Å². The standard InChI is InChI=1S/C11H23NO2Si/c1-11(2,3)15(4,5)14-8-9-6-7-10(13)12-9/h9H,6-8H2,1-5H3,(H,12,13)/t9-/m1/s1. The first-order chi connectivity index (χ1) is 6.72. The third-order valence-electron chi connectivity index (χ3n) is 3.54. The predicted octanol–water partition coefficient (Wildman–Crippen LogP) is 2.29. The molecule has 0 aliphatic carbocycles. The first-order valence-electron chi connectivity index (χ1n) is 5.66. The fraction of sp³-hybridized carbons (Fsp3) is 0.909. The monoisotopic (exact) mass is 229 g/mol. The van der Waals surface area contributed by atoms with Crippen molar-refractivity contribution in [1.82, 2.24) is 5.32 Å².